The maximum absolute atomic E-state index is 12.7. The smallest absolute Gasteiger partial charge is 0.251 e. The zero-order valence-electron chi connectivity index (χ0n) is 13.0. The molecule has 1 fully saturated rings. The average molecular weight is 325 g/mol. The van der Waals surface area contributed by atoms with Gasteiger partial charge in [-0.1, -0.05) is 0 Å². The van der Waals surface area contributed by atoms with Crippen LogP contribution >= 0.6 is 0 Å². The topological polar surface area (TPSA) is 78.5 Å². The van der Waals surface area contributed by atoms with Crippen LogP contribution in [-0.4, -0.2) is 52.4 Å². The van der Waals surface area contributed by atoms with Gasteiger partial charge in [-0.3, -0.25) is 4.79 Å². The van der Waals surface area contributed by atoms with Gasteiger partial charge in [0, 0.05) is 25.7 Å². The Bertz CT molecular complexity index is 611. The van der Waals surface area contributed by atoms with Crippen LogP contribution in [0.3, 0.4) is 0 Å². The van der Waals surface area contributed by atoms with E-state index >= 15 is 0 Å². The number of piperidine rings is 1. The summed E-state index contributed by atoms with van der Waals surface area (Å²) in [5.74, 6) is 0.120. The third-order valence-corrected chi connectivity index (χ3v) is 5.84. The molecule has 0 bridgehead atoms. The van der Waals surface area contributed by atoms with Crippen molar-refractivity contribution in [3.05, 3.63) is 29.8 Å². The predicted molar refractivity (Wildman–Crippen MR) is 85.2 cm³/mol. The zero-order valence-corrected chi connectivity index (χ0v) is 13.8. The Balaban J connectivity index is 2.17. The lowest BCUT2D eigenvalue weighted by Crippen LogP contribution is -2.42. The fraction of sp³-hybridized carbons (Fsp3) is 0.533. The van der Waals surface area contributed by atoms with E-state index in [1.807, 2.05) is 7.05 Å². The average Bonchev–Trinajstić information content (AvgIpc) is 2.55. The first kappa shape index (κ1) is 16.9. The zero-order chi connectivity index (χ0) is 16.2. The van der Waals surface area contributed by atoms with Gasteiger partial charge in [0.05, 0.1) is 4.90 Å². The van der Waals surface area contributed by atoms with Gasteiger partial charge in [0.15, 0.2) is 0 Å². The van der Waals surface area contributed by atoms with Crippen LogP contribution in [0.2, 0.25) is 0 Å². The Morgan fingerprint density at radius 3 is 2.55 bits per heavy atom. The number of benzene rings is 1. The van der Waals surface area contributed by atoms with Gasteiger partial charge in [-0.05, 0) is 56.6 Å². The summed E-state index contributed by atoms with van der Waals surface area (Å²) >= 11 is 0. The highest BCUT2D eigenvalue weighted by Gasteiger charge is 2.29. The summed E-state index contributed by atoms with van der Waals surface area (Å²) in [5.41, 5.74) is 0.452. The van der Waals surface area contributed by atoms with Crippen molar-refractivity contribution in [1.29, 1.82) is 0 Å². The van der Waals surface area contributed by atoms with Crippen molar-refractivity contribution in [1.82, 2.24) is 14.9 Å². The molecule has 1 aromatic rings. The maximum Gasteiger partial charge on any atom is 0.251 e. The van der Waals surface area contributed by atoms with E-state index in [0.717, 1.165) is 19.4 Å². The molecule has 1 saturated heterocycles. The fourth-order valence-electron chi connectivity index (χ4n) is 2.77. The summed E-state index contributed by atoms with van der Waals surface area (Å²) < 4.78 is 26.9. The summed E-state index contributed by atoms with van der Waals surface area (Å²) in [5, 5.41) is 5.63. The number of sulfonamides is 1. The molecule has 2 rings (SSSR count). The molecular formula is C15H23N3O3S. The van der Waals surface area contributed by atoms with Crippen LogP contribution in [0.5, 0.6) is 0 Å². The summed E-state index contributed by atoms with van der Waals surface area (Å²) in [6.45, 7) is 1.92. The van der Waals surface area contributed by atoms with Crippen LogP contribution in [0.25, 0.3) is 0 Å². The van der Waals surface area contributed by atoms with Crippen molar-refractivity contribution in [3.63, 3.8) is 0 Å². The van der Waals surface area contributed by atoms with E-state index in [0.29, 0.717) is 24.6 Å². The van der Waals surface area contributed by atoms with Crippen molar-refractivity contribution in [2.45, 2.75) is 17.7 Å². The third kappa shape index (κ3) is 3.66. The molecule has 0 radical (unpaired) electrons. The quantitative estimate of drug-likeness (QED) is 0.834. The number of nitrogens with zero attached hydrogens (tertiary/aromatic N) is 1. The second-order valence-electron chi connectivity index (χ2n) is 5.53. The summed E-state index contributed by atoms with van der Waals surface area (Å²) in [6, 6.07) is 6.09. The first-order chi connectivity index (χ1) is 10.5. The first-order valence-corrected chi connectivity index (χ1v) is 8.90. The molecule has 1 aromatic carbocycles. The van der Waals surface area contributed by atoms with Crippen LogP contribution in [0.1, 0.15) is 23.2 Å². The van der Waals surface area contributed by atoms with E-state index in [2.05, 4.69) is 10.6 Å². The lowest BCUT2D eigenvalue weighted by atomic mass is 10.00. The number of hydrogen-bond donors (Lipinski definition) is 2. The van der Waals surface area contributed by atoms with Crippen LogP contribution in [-0.2, 0) is 10.0 Å². The minimum atomic E-state index is -3.49. The van der Waals surface area contributed by atoms with E-state index < -0.39 is 10.0 Å². The monoisotopic (exact) mass is 325 g/mol. The molecule has 0 aliphatic carbocycles. The van der Waals surface area contributed by atoms with E-state index in [-0.39, 0.29) is 10.8 Å². The number of rotatable bonds is 5. The molecule has 0 spiro atoms. The second kappa shape index (κ2) is 7.21. The molecule has 0 aromatic heterocycles. The van der Waals surface area contributed by atoms with Gasteiger partial charge in [-0.25, -0.2) is 8.42 Å². The summed E-state index contributed by atoms with van der Waals surface area (Å²) in [6.07, 6.45) is 1.92. The van der Waals surface area contributed by atoms with Crippen LogP contribution in [0, 0.1) is 5.92 Å². The highest BCUT2D eigenvalue weighted by atomic mass is 32.2. The van der Waals surface area contributed by atoms with Crippen molar-refractivity contribution in [2.75, 3.05) is 33.7 Å². The molecule has 22 heavy (non-hydrogen) atoms. The molecule has 1 aliphatic rings. The van der Waals surface area contributed by atoms with Crippen LogP contribution in [0.4, 0.5) is 0 Å². The Hall–Kier alpha value is -1.44. The van der Waals surface area contributed by atoms with Crippen molar-refractivity contribution in [3.8, 4) is 0 Å². The van der Waals surface area contributed by atoms with Gasteiger partial charge in [0.25, 0.3) is 5.91 Å². The van der Waals surface area contributed by atoms with E-state index in [1.165, 1.54) is 12.1 Å². The molecule has 1 aliphatic heterocycles. The van der Waals surface area contributed by atoms with E-state index in [1.54, 1.807) is 23.5 Å². The number of amides is 1. The Kier molecular flexibility index (Phi) is 5.55. The Labute approximate surface area is 131 Å². The third-order valence-electron chi connectivity index (χ3n) is 3.96. The Morgan fingerprint density at radius 1 is 1.27 bits per heavy atom. The highest BCUT2D eigenvalue weighted by Crippen LogP contribution is 2.23. The molecule has 1 atom stereocenters. The lowest BCUT2D eigenvalue weighted by molar-refractivity contribution is 0.0963. The molecule has 122 valence electrons. The standard InChI is InChI=1S/C15H23N3O3S/c1-16-10-12-4-3-9-18(11-12)22(20,21)14-7-5-13(6-8-14)15(19)17-2/h5-8,12,16H,3-4,9-11H2,1-2H3,(H,17,19). The Morgan fingerprint density at radius 2 is 1.95 bits per heavy atom. The number of nitrogens with one attached hydrogen (secondary N) is 2. The minimum absolute atomic E-state index is 0.226. The molecule has 1 heterocycles. The normalized spacial score (nSPS) is 19.8. The molecule has 0 saturated carbocycles. The van der Waals surface area contributed by atoms with Gasteiger partial charge in [-0.2, -0.15) is 4.31 Å². The summed E-state index contributed by atoms with van der Waals surface area (Å²) in [7, 11) is -0.0644. The second-order valence-corrected chi connectivity index (χ2v) is 7.47. The lowest BCUT2D eigenvalue weighted by Gasteiger charge is -2.31. The number of carbonyl (C=O) groups is 1. The van der Waals surface area contributed by atoms with Crippen molar-refractivity contribution < 1.29 is 13.2 Å². The largest absolute Gasteiger partial charge is 0.355 e. The number of hydrogen-bond acceptors (Lipinski definition) is 4. The van der Waals surface area contributed by atoms with Crippen LogP contribution < -0.4 is 10.6 Å². The van der Waals surface area contributed by atoms with Gasteiger partial charge < -0.3 is 10.6 Å². The van der Waals surface area contributed by atoms with E-state index in [4.69, 9.17) is 0 Å². The number of carbonyl (C=O) groups excluding carboxylic acids is 1. The SMILES string of the molecule is CNCC1CCCN(S(=O)(=O)c2ccc(C(=O)NC)cc2)C1. The molecular weight excluding hydrogens is 302 g/mol. The van der Waals surface area contributed by atoms with Gasteiger partial charge >= 0.3 is 0 Å². The van der Waals surface area contributed by atoms with Gasteiger partial charge in [0.2, 0.25) is 10.0 Å². The molecule has 7 heteroatoms. The van der Waals surface area contributed by atoms with Gasteiger partial charge in [-0.15, -0.1) is 0 Å². The first-order valence-electron chi connectivity index (χ1n) is 7.46. The molecule has 6 nitrogen and oxygen atoms in total. The fourth-order valence-corrected chi connectivity index (χ4v) is 4.33. The minimum Gasteiger partial charge on any atom is -0.355 e. The van der Waals surface area contributed by atoms with Crippen LogP contribution in [0.15, 0.2) is 29.2 Å². The van der Waals surface area contributed by atoms with E-state index in [9.17, 15) is 13.2 Å². The van der Waals surface area contributed by atoms with Crippen molar-refractivity contribution in [2.24, 2.45) is 5.92 Å². The molecule has 1 amide bonds. The van der Waals surface area contributed by atoms with Gasteiger partial charge in [0.1, 0.15) is 0 Å². The predicted octanol–water partition coefficient (Wildman–Crippen LogP) is 0.666. The molecule has 2 N–H and O–H groups in total. The van der Waals surface area contributed by atoms with Crippen molar-refractivity contribution >= 4 is 15.9 Å². The maximum atomic E-state index is 12.7. The highest BCUT2D eigenvalue weighted by molar-refractivity contribution is 7.89. The summed E-state index contributed by atoms with van der Waals surface area (Å²) in [4.78, 5) is 11.8. The molecule has 1 unspecified atom stereocenters.